The molecular weight excluding hydrogens is 442 g/mol. The number of carbonyl (C=O) groups is 2. The second-order valence-electron chi connectivity index (χ2n) is 8.14. The lowest BCUT2D eigenvalue weighted by Crippen LogP contribution is -2.41. The molecular formula is C27H23N5O3. The van der Waals surface area contributed by atoms with Crippen molar-refractivity contribution in [1.29, 1.82) is 0 Å². The maximum Gasteiger partial charge on any atom is 0.286 e. The van der Waals surface area contributed by atoms with Gasteiger partial charge in [-0.3, -0.25) is 20.4 Å². The zero-order chi connectivity index (χ0) is 24.4. The van der Waals surface area contributed by atoms with Crippen molar-refractivity contribution < 1.29 is 14.3 Å². The number of ether oxygens (including phenoxy) is 1. The van der Waals surface area contributed by atoms with Crippen LogP contribution in [0.5, 0.6) is 11.5 Å². The van der Waals surface area contributed by atoms with E-state index >= 15 is 0 Å². The van der Waals surface area contributed by atoms with Crippen molar-refractivity contribution in [2.45, 2.75) is 13.8 Å². The van der Waals surface area contributed by atoms with Crippen LogP contribution in [0.2, 0.25) is 0 Å². The molecule has 0 spiro atoms. The number of fused-ring (bicyclic) bond motifs is 1. The van der Waals surface area contributed by atoms with Gasteiger partial charge in [0, 0.05) is 22.2 Å². The number of hydrogen-bond acceptors (Lipinski definition) is 4. The van der Waals surface area contributed by atoms with Crippen LogP contribution >= 0.6 is 0 Å². The van der Waals surface area contributed by atoms with Crippen LogP contribution in [-0.2, 0) is 0 Å². The third-order valence-electron chi connectivity index (χ3n) is 5.49. The molecule has 0 fully saturated rings. The SMILES string of the molecule is Cc1cc(C)n(-c2ccc(C(=O)NNC(=O)c3cc4cc(Oc5ccccc5)ccc4[nH]3)cc2)n1. The van der Waals surface area contributed by atoms with E-state index in [1.807, 2.05) is 85.3 Å². The van der Waals surface area contributed by atoms with E-state index in [1.54, 1.807) is 18.2 Å². The predicted octanol–water partition coefficient (Wildman–Crippen LogP) is 4.84. The molecule has 5 rings (SSSR count). The van der Waals surface area contributed by atoms with Crippen molar-refractivity contribution in [1.82, 2.24) is 25.6 Å². The minimum Gasteiger partial charge on any atom is -0.457 e. The van der Waals surface area contributed by atoms with Crippen molar-refractivity contribution in [3.05, 3.63) is 108 Å². The molecule has 0 aliphatic heterocycles. The molecule has 35 heavy (non-hydrogen) atoms. The van der Waals surface area contributed by atoms with Crippen LogP contribution in [0.15, 0.2) is 84.9 Å². The van der Waals surface area contributed by atoms with E-state index in [4.69, 9.17) is 4.74 Å². The highest BCUT2D eigenvalue weighted by Crippen LogP contribution is 2.26. The molecule has 8 nitrogen and oxygen atoms in total. The number of aromatic nitrogens is 3. The van der Waals surface area contributed by atoms with Crippen molar-refractivity contribution in [2.75, 3.05) is 0 Å². The summed E-state index contributed by atoms with van der Waals surface area (Å²) in [5.41, 5.74) is 9.19. The number of amides is 2. The van der Waals surface area contributed by atoms with Crippen LogP contribution in [0.25, 0.3) is 16.6 Å². The predicted molar refractivity (Wildman–Crippen MR) is 133 cm³/mol. The van der Waals surface area contributed by atoms with E-state index in [0.29, 0.717) is 17.0 Å². The number of aryl methyl sites for hydroxylation is 2. The second-order valence-corrected chi connectivity index (χ2v) is 8.14. The molecule has 3 N–H and O–H groups in total. The van der Waals surface area contributed by atoms with E-state index < -0.39 is 11.8 Å². The Morgan fingerprint density at radius 3 is 2.29 bits per heavy atom. The summed E-state index contributed by atoms with van der Waals surface area (Å²) in [6.07, 6.45) is 0. The first-order valence-corrected chi connectivity index (χ1v) is 11.1. The van der Waals surface area contributed by atoms with Gasteiger partial charge in [-0.15, -0.1) is 0 Å². The lowest BCUT2D eigenvalue weighted by Gasteiger charge is -2.08. The summed E-state index contributed by atoms with van der Waals surface area (Å²) >= 11 is 0. The van der Waals surface area contributed by atoms with Crippen LogP contribution in [0.3, 0.4) is 0 Å². The van der Waals surface area contributed by atoms with E-state index in [2.05, 4.69) is 20.9 Å². The Morgan fingerprint density at radius 2 is 1.57 bits per heavy atom. The van der Waals surface area contributed by atoms with Crippen LogP contribution in [0.1, 0.15) is 32.2 Å². The standard InChI is InChI=1S/C27H23N5O3/c1-17-14-18(2)32(31-17)21-10-8-19(9-11-21)26(33)29-30-27(34)25-16-20-15-23(12-13-24(20)28-25)35-22-6-4-3-5-7-22/h3-16,28H,1-2H3,(H,29,33)(H,30,34). The number of aromatic amines is 1. The number of hydrazine groups is 1. The maximum absolute atomic E-state index is 12.6. The fourth-order valence-electron chi connectivity index (χ4n) is 3.82. The summed E-state index contributed by atoms with van der Waals surface area (Å²) < 4.78 is 7.66. The zero-order valence-corrected chi connectivity index (χ0v) is 19.2. The summed E-state index contributed by atoms with van der Waals surface area (Å²) in [6, 6.07) is 25.6. The molecule has 5 aromatic rings. The quantitative estimate of drug-likeness (QED) is 0.323. The first-order valence-electron chi connectivity index (χ1n) is 11.1. The molecule has 0 atom stereocenters. The molecule has 2 heterocycles. The number of rotatable bonds is 5. The molecule has 3 aromatic carbocycles. The van der Waals surface area contributed by atoms with E-state index in [1.165, 1.54) is 0 Å². The van der Waals surface area contributed by atoms with Gasteiger partial charge in [-0.25, -0.2) is 4.68 Å². The van der Waals surface area contributed by atoms with E-state index in [9.17, 15) is 9.59 Å². The maximum atomic E-state index is 12.6. The van der Waals surface area contributed by atoms with Crippen LogP contribution < -0.4 is 15.6 Å². The third-order valence-corrected chi connectivity index (χ3v) is 5.49. The molecule has 2 amide bonds. The molecule has 8 heteroatoms. The molecule has 0 saturated carbocycles. The van der Waals surface area contributed by atoms with Crippen LogP contribution in [0.4, 0.5) is 0 Å². The Hall–Kier alpha value is -4.85. The number of nitrogens with zero attached hydrogens (tertiary/aromatic N) is 2. The van der Waals surface area contributed by atoms with Crippen molar-refractivity contribution in [3.63, 3.8) is 0 Å². The number of H-pyrrole nitrogens is 1. The van der Waals surface area contributed by atoms with Gasteiger partial charge in [0.1, 0.15) is 17.2 Å². The molecule has 0 radical (unpaired) electrons. The fourth-order valence-corrected chi connectivity index (χ4v) is 3.82. The fraction of sp³-hybridized carbons (Fsp3) is 0.0741. The summed E-state index contributed by atoms with van der Waals surface area (Å²) in [5.74, 6) is 0.505. The summed E-state index contributed by atoms with van der Waals surface area (Å²) in [5, 5.41) is 5.25. The average Bonchev–Trinajstić information content (AvgIpc) is 3.45. The third kappa shape index (κ3) is 4.77. The van der Waals surface area contributed by atoms with Crippen LogP contribution in [0, 0.1) is 13.8 Å². The molecule has 0 saturated heterocycles. The van der Waals surface area contributed by atoms with Crippen molar-refractivity contribution in [3.8, 4) is 17.2 Å². The van der Waals surface area contributed by atoms with E-state index in [-0.39, 0.29) is 0 Å². The summed E-state index contributed by atoms with van der Waals surface area (Å²) in [6.45, 7) is 3.90. The number of carbonyl (C=O) groups excluding carboxylic acids is 2. The largest absolute Gasteiger partial charge is 0.457 e. The molecule has 0 aliphatic rings. The highest BCUT2D eigenvalue weighted by molar-refractivity contribution is 6.01. The van der Waals surface area contributed by atoms with Crippen LogP contribution in [-0.4, -0.2) is 26.6 Å². The highest BCUT2D eigenvalue weighted by atomic mass is 16.5. The Morgan fingerprint density at radius 1 is 0.829 bits per heavy atom. The molecule has 0 aliphatic carbocycles. The number of nitrogens with one attached hydrogen (secondary N) is 3. The number of para-hydroxylation sites is 1. The van der Waals surface area contributed by atoms with Gasteiger partial charge in [0.05, 0.1) is 11.4 Å². The van der Waals surface area contributed by atoms with Gasteiger partial charge in [-0.05, 0) is 80.6 Å². The Labute approximate surface area is 201 Å². The van der Waals surface area contributed by atoms with Gasteiger partial charge in [-0.1, -0.05) is 18.2 Å². The Bertz CT molecular complexity index is 1520. The number of hydrogen-bond donors (Lipinski definition) is 3. The van der Waals surface area contributed by atoms with Gasteiger partial charge in [0.25, 0.3) is 11.8 Å². The molecule has 0 bridgehead atoms. The van der Waals surface area contributed by atoms with E-state index in [0.717, 1.165) is 33.7 Å². The molecule has 0 unspecified atom stereocenters. The summed E-state index contributed by atoms with van der Waals surface area (Å²) in [7, 11) is 0. The zero-order valence-electron chi connectivity index (χ0n) is 19.2. The van der Waals surface area contributed by atoms with Gasteiger partial charge in [-0.2, -0.15) is 5.10 Å². The van der Waals surface area contributed by atoms with Gasteiger partial charge in [0.2, 0.25) is 0 Å². The monoisotopic (exact) mass is 465 g/mol. The number of benzene rings is 3. The second kappa shape index (κ2) is 9.18. The minimum atomic E-state index is -0.459. The summed E-state index contributed by atoms with van der Waals surface area (Å²) in [4.78, 5) is 28.2. The Kier molecular flexibility index (Phi) is 5.76. The first kappa shape index (κ1) is 22.0. The molecule has 174 valence electrons. The normalized spacial score (nSPS) is 10.8. The molecule has 2 aromatic heterocycles. The lowest BCUT2D eigenvalue weighted by molar-refractivity contribution is 0.0844. The topological polar surface area (TPSA) is 101 Å². The average molecular weight is 466 g/mol. The van der Waals surface area contributed by atoms with Crippen molar-refractivity contribution >= 4 is 22.7 Å². The smallest absolute Gasteiger partial charge is 0.286 e. The van der Waals surface area contributed by atoms with Gasteiger partial charge < -0.3 is 9.72 Å². The first-order chi connectivity index (χ1) is 17.0. The Balaban J connectivity index is 1.22. The van der Waals surface area contributed by atoms with Gasteiger partial charge in [0.15, 0.2) is 0 Å². The van der Waals surface area contributed by atoms with Crippen molar-refractivity contribution in [2.24, 2.45) is 0 Å². The highest BCUT2D eigenvalue weighted by Gasteiger charge is 2.13. The lowest BCUT2D eigenvalue weighted by atomic mass is 10.2. The minimum absolute atomic E-state index is 0.317. The van der Waals surface area contributed by atoms with Gasteiger partial charge >= 0.3 is 0 Å².